The Kier molecular flexibility index (Phi) is 4.23. The Bertz CT molecular complexity index is 398. The molecule has 0 atom stereocenters. The summed E-state index contributed by atoms with van der Waals surface area (Å²) in [6, 6.07) is 5.22. The normalized spacial score (nSPS) is 9.21. The Labute approximate surface area is 101 Å². The second-order valence-electron chi connectivity index (χ2n) is 2.51. The van der Waals surface area contributed by atoms with E-state index in [1.165, 1.54) is 0 Å². The van der Waals surface area contributed by atoms with E-state index in [2.05, 4.69) is 33.8 Å². The van der Waals surface area contributed by atoms with Gasteiger partial charge in [0.05, 0.1) is 17.1 Å². The average Bonchev–Trinajstić information content (AvgIpc) is 2.14. The summed E-state index contributed by atoms with van der Waals surface area (Å²) >= 11 is 8.01. The molecule has 0 saturated heterocycles. The first-order valence-electron chi connectivity index (χ1n) is 3.82. The SMILES string of the molecule is C#CCNC(=O)c1ccc(I)cc1Cl. The molecule has 0 fully saturated rings. The summed E-state index contributed by atoms with van der Waals surface area (Å²) < 4.78 is 0.987. The van der Waals surface area contributed by atoms with Crippen molar-refractivity contribution in [3.8, 4) is 12.3 Å². The van der Waals surface area contributed by atoms with Gasteiger partial charge in [-0.25, -0.2) is 0 Å². The molecule has 72 valence electrons. The predicted molar refractivity (Wildman–Crippen MR) is 65.3 cm³/mol. The van der Waals surface area contributed by atoms with Crippen molar-refractivity contribution in [2.24, 2.45) is 0 Å². The number of amides is 1. The fraction of sp³-hybridized carbons (Fsp3) is 0.100. The second-order valence-corrected chi connectivity index (χ2v) is 4.16. The summed E-state index contributed by atoms with van der Waals surface area (Å²) in [6.45, 7) is 0.209. The second kappa shape index (κ2) is 5.23. The number of hydrogen-bond donors (Lipinski definition) is 1. The van der Waals surface area contributed by atoms with Crippen molar-refractivity contribution >= 4 is 40.1 Å². The first-order chi connectivity index (χ1) is 6.65. The van der Waals surface area contributed by atoms with Crippen LogP contribution < -0.4 is 5.32 Å². The number of nitrogens with one attached hydrogen (secondary N) is 1. The van der Waals surface area contributed by atoms with Crippen LogP contribution in [0.15, 0.2) is 18.2 Å². The van der Waals surface area contributed by atoms with Crippen molar-refractivity contribution in [2.45, 2.75) is 0 Å². The first-order valence-corrected chi connectivity index (χ1v) is 5.27. The molecule has 1 amide bonds. The topological polar surface area (TPSA) is 29.1 Å². The Hall–Kier alpha value is -0.730. The third-order valence-corrected chi connectivity index (χ3v) is 2.51. The molecule has 0 bridgehead atoms. The molecule has 0 radical (unpaired) electrons. The van der Waals surface area contributed by atoms with Crippen LogP contribution in [0.5, 0.6) is 0 Å². The molecule has 0 unspecified atom stereocenters. The van der Waals surface area contributed by atoms with Crippen molar-refractivity contribution in [2.75, 3.05) is 6.54 Å². The minimum atomic E-state index is -0.246. The summed E-state index contributed by atoms with van der Waals surface area (Å²) in [4.78, 5) is 11.4. The Balaban J connectivity index is 2.86. The van der Waals surface area contributed by atoms with E-state index < -0.39 is 0 Å². The van der Waals surface area contributed by atoms with Gasteiger partial charge in [-0.15, -0.1) is 6.42 Å². The molecule has 0 aliphatic heterocycles. The van der Waals surface area contributed by atoms with Crippen LogP contribution in [0, 0.1) is 15.9 Å². The van der Waals surface area contributed by atoms with Gasteiger partial charge in [0, 0.05) is 3.57 Å². The van der Waals surface area contributed by atoms with Gasteiger partial charge in [0.1, 0.15) is 0 Å². The maximum absolute atomic E-state index is 11.4. The van der Waals surface area contributed by atoms with Crippen LogP contribution >= 0.6 is 34.2 Å². The van der Waals surface area contributed by atoms with Crippen LogP contribution in [0.25, 0.3) is 0 Å². The number of halogens is 2. The Morgan fingerprint density at radius 3 is 2.93 bits per heavy atom. The molecule has 0 spiro atoms. The molecule has 0 heterocycles. The van der Waals surface area contributed by atoms with E-state index in [9.17, 15) is 4.79 Å². The Morgan fingerprint density at radius 2 is 2.36 bits per heavy atom. The third kappa shape index (κ3) is 2.89. The molecule has 1 N–H and O–H groups in total. The lowest BCUT2D eigenvalue weighted by molar-refractivity contribution is 0.0959. The monoisotopic (exact) mass is 319 g/mol. The Morgan fingerprint density at radius 1 is 1.64 bits per heavy atom. The lowest BCUT2D eigenvalue weighted by atomic mass is 10.2. The van der Waals surface area contributed by atoms with E-state index in [-0.39, 0.29) is 12.5 Å². The molecule has 1 aromatic rings. The standard InChI is InChI=1S/C10H7ClINO/c1-2-5-13-10(14)8-4-3-7(12)6-9(8)11/h1,3-4,6H,5H2,(H,13,14). The van der Waals surface area contributed by atoms with Crippen LogP contribution in [0.1, 0.15) is 10.4 Å². The van der Waals surface area contributed by atoms with E-state index in [4.69, 9.17) is 18.0 Å². The molecule has 0 saturated carbocycles. The number of hydrogen-bond acceptors (Lipinski definition) is 1. The van der Waals surface area contributed by atoms with Gasteiger partial charge >= 0.3 is 0 Å². The van der Waals surface area contributed by atoms with Gasteiger partial charge in [0.2, 0.25) is 0 Å². The largest absolute Gasteiger partial charge is 0.341 e. The van der Waals surface area contributed by atoms with Crippen molar-refractivity contribution in [1.82, 2.24) is 5.32 Å². The highest BCUT2D eigenvalue weighted by molar-refractivity contribution is 14.1. The van der Waals surface area contributed by atoms with Crippen molar-refractivity contribution in [3.63, 3.8) is 0 Å². The molecule has 0 aromatic heterocycles. The van der Waals surface area contributed by atoms with Crippen LogP contribution in [-0.4, -0.2) is 12.5 Å². The molecule has 1 rings (SSSR count). The van der Waals surface area contributed by atoms with Crippen molar-refractivity contribution in [3.05, 3.63) is 32.4 Å². The molecular formula is C10H7ClINO. The van der Waals surface area contributed by atoms with E-state index in [1.54, 1.807) is 12.1 Å². The van der Waals surface area contributed by atoms with Gasteiger partial charge in [-0.3, -0.25) is 4.79 Å². The summed E-state index contributed by atoms with van der Waals surface area (Å²) in [5.41, 5.74) is 0.447. The predicted octanol–water partition coefficient (Wildman–Crippen LogP) is 2.31. The lowest BCUT2D eigenvalue weighted by Crippen LogP contribution is -2.23. The number of carbonyl (C=O) groups excluding carboxylic acids is 1. The van der Waals surface area contributed by atoms with Crippen molar-refractivity contribution < 1.29 is 4.79 Å². The molecule has 14 heavy (non-hydrogen) atoms. The average molecular weight is 320 g/mol. The summed E-state index contributed by atoms with van der Waals surface area (Å²) in [7, 11) is 0. The zero-order valence-electron chi connectivity index (χ0n) is 7.18. The number of rotatable bonds is 2. The first kappa shape index (κ1) is 11.3. The maximum Gasteiger partial charge on any atom is 0.253 e. The fourth-order valence-corrected chi connectivity index (χ4v) is 1.84. The van der Waals surface area contributed by atoms with Gasteiger partial charge in [-0.1, -0.05) is 17.5 Å². The van der Waals surface area contributed by atoms with Crippen LogP contribution in [0.4, 0.5) is 0 Å². The van der Waals surface area contributed by atoms with Crippen molar-refractivity contribution in [1.29, 1.82) is 0 Å². The van der Waals surface area contributed by atoms with Gasteiger partial charge in [0.15, 0.2) is 0 Å². The van der Waals surface area contributed by atoms with Gasteiger partial charge < -0.3 is 5.32 Å². The fourth-order valence-electron chi connectivity index (χ4n) is 0.900. The third-order valence-electron chi connectivity index (χ3n) is 1.53. The summed E-state index contributed by atoms with van der Waals surface area (Å²) in [5, 5.41) is 2.98. The molecular weight excluding hydrogens is 312 g/mol. The zero-order valence-corrected chi connectivity index (χ0v) is 10.1. The minimum Gasteiger partial charge on any atom is -0.341 e. The van der Waals surface area contributed by atoms with E-state index >= 15 is 0 Å². The quantitative estimate of drug-likeness (QED) is 0.658. The summed E-state index contributed by atoms with van der Waals surface area (Å²) in [6.07, 6.45) is 5.02. The van der Waals surface area contributed by atoms with Crippen LogP contribution in [0.2, 0.25) is 5.02 Å². The maximum atomic E-state index is 11.4. The highest BCUT2D eigenvalue weighted by Gasteiger charge is 2.08. The lowest BCUT2D eigenvalue weighted by Gasteiger charge is -2.03. The van der Waals surface area contributed by atoms with Gasteiger partial charge in [0.25, 0.3) is 5.91 Å². The summed E-state index contributed by atoms with van der Waals surface area (Å²) in [5.74, 6) is 2.08. The smallest absolute Gasteiger partial charge is 0.253 e. The minimum absolute atomic E-state index is 0.209. The highest BCUT2D eigenvalue weighted by Crippen LogP contribution is 2.18. The van der Waals surface area contributed by atoms with E-state index in [1.807, 2.05) is 6.07 Å². The van der Waals surface area contributed by atoms with Gasteiger partial charge in [-0.05, 0) is 40.8 Å². The van der Waals surface area contributed by atoms with Crippen LogP contribution in [-0.2, 0) is 0 Å². The molecule has 0 aliphatic rings. The molecule has 4 heteroatoms. The molecule has 1 aromatic carbocycles. The highest BCUT2D eigenvalue weighted by atomic mass is 127. The van der Waals surface area contributed by atoms with E-state index in [0.717, 1.165) is 3.57 Å². The van der Waals surface area contributed by atoms with Crippen LogP contribution in [0.3, 0.4) is 0 Å². The number of terminal acetylenes is 1. The molecule has 2 nitrogen and oxygen atoms in total. The zero-order chi connectivity index (χ0) is 10.6. The number of carbonyl (C=O) groups is 1. The molecule has 0 aliphatic carbocycles. The van der Waals surface area contributed by atoms with Gasteiger partial charge in [-0.2, -0.15) is 0 Å². The number of benzene rings is 1. The van der Waals surface area contributed by atoms with E-state index in [0.29, 0.717) is 10.6 Å².